The van der Waals surface area contributed by atoms with Crippen LogP contribution in [0.25, 0.3) is 0 Å². The SMILES string of the molecule is Cn1ccc(C(O)c2cc(Cl)ccc2I)n1. The molecular formula is C11H10ClIN2O. The first-order chi connectivity index (χ1) is 7.58. The minimum atomic E-state index is -0.730. The van der Waals surface area contributed by atoms with Crippen LogP contribution in [-0.2, 0) is 7.05 Å². The van der Waals surface area contributed by atoms with Crippen molar-refractivity contribution in [1.29, 1.82) is 0 Å². The van der Waals surface area contributed by atoms with Gasteiger partial charge in [0.05, 0.1) is 5.69 Å². The van der Waals surface area contributed by atoms with Gasteiger partial charge >= 0.3 is 0 Å². The Kier molecular flexibility index (Phi) is 3.51. The van der Waals surface area contributed by atoms with Crippen molar-refractivity contribution in [2.75, 3.05) is 0 Å². The van der Waals surface area contributed by atoms with E-state index in [-0.39, 0.29) is 0 Å². The number of rotatable bonds is 2. The third-order valence-corrected chi connectivity index (χ3v) is 3.48. The number of aromatic nitrogens is 2. The zero-order valence-corrected chi connectivity index (χ0v) is 11.5. The lowest BCUT2D eigenvalue weighted by Crippen LogP contribution is -2.03. The van der Waals surface area contributed by atoms with Gasteiger partial charge in [0, 0.05) is 27.4 Å². The topological polar surface area (TPSA) is 38.0 Å². The standard InChI is InChI=1S/C11H10ClIN2O/c1-15-5-4-10(14-15)11(16)8-6-7(12)2-3-9(8)13/h2-6,11,16H,1H3. The van der Waals surface area contributed by atoms with Crippen LogP contribution >= 0.6 is 34.2 Å². The predicted octanol–water partition coefficient (Wildman–Crippen LogP) is 2.76. The lowest BCUT2D eigenvalue weighted by molar-refractivity contribution is 0.213. The summed E-state index contributed by atoms with van der Waals surface area (Å²) < 4.78 is 2.64. The fraction of sp³-hybridized carbons (Fsp3) is 0.182. The minimum Gasteiger partial charge on any atom is -0.382 e. The molecule has 1 unspecified atom stereocenters. The molecule has 0 saturated carbocycles. The summed E-state index contributed by atoms with van der Waals surface area (Å²) in [5.74, 6) is 0. The molecule has 2 rings (SSSR count). The van der Waals surface area contributed by atoms with Crippen molar-refractivity contribution >= 4 is 34.2 Å². The van der Waals surface area contributed by atoms with E-state index in [4.69, 9.17) is 11.6 Å². The highest BCUT2D eigenvalue weighted by atomic mass is 127. The van der Waals surface area contributed by atoms with E-state index in [1.54, 1.807) is 29.1 Å². The molecule has 0 aliphatic rings. The fourth-order valence-corrected chi connectivity index (χ4v) is 2.27. The van der Waals surface area contributed by atoms with Crippen LogP contribution in [0.5, 0.6) is 0 Å². The summed E-state index contributed by atoms with van der Waals surface area (Å²) >= 11 is 8.09. The zero-order chi connectivity index (χ0) is 11.7. The van der Waals surface area contributed by atoms with Crippen LogP contribution in [0.2, 0.25) is 5.02 Å². The summed E-state index contributed by atoms with van der Waals surface area (Å²) in [6, 6.07) is 7.24. The molecule has 0 radical (unpaired) electrons. The molecule has 5 heteroatoms. The summed E-state index contributed by atoms with van der Waals surface area (Å²) in [7, 11) is 1.82. The van der Waals surface area contributed by atoms with Crippen molar-refractivity contribution < 1.29 is 5.11 Å². The van der Waals surface area contributed by atoms with Crippen LogP contribution in [-0.4, -0.2) is 14.9 Å². The predicted molar refractivity (Wildman–Crippen MR) is 71.4 cm³/mol. The first kappa shape index (κ1) is 11.9. The molecule has 1 aromatic carbocycles. The summed E-state index contributed by atoms with van der Waals surface area (Å²) in [6.45, 7) is 0. The maximum absolute atomic E-state index is 10.2. The molecule has 0 amide bonds. The number of nitrogens with zero attached hydrogens (tertiary/aromatic N) is 2. The van der Waals surface area contributed by atoms with E-state index in [2.05, 4.69) is 27.7 Å². The molecule has 3 nitrogen and oxygen atoms in total. The number of aliphatic hydroxyl groups excluding tert-OH is 1. The van der Waals surface area contributed by atoms with Gasteiger partial charge in [-0.15, -0.1) is 0 Å². The van der Waals surface area contributed by atoms with E-state index >= 15 is 0 Å². The third kappa shape index (κ3) is 2.39. The zero-order valence-electron chi connectivity index (χ0n) is 8.56. The second kappa shape index (κ2) is 4.73. The number of aryl methyl sites for hydroxylation is 1. The van der Waals surface area contributed by atoms with Crippen molar-refractivity contribution in [1.82, 2.24) is 9.78 Å². The van der Waals surface area contributed by atoms with Gasteiger partial charge in [0.25, 0.3) is 0 Å². The van der Waals surface area contributed by atoms with Crippen LogP contribution < -0.4 is 0 Å². The monoisotopic (exact) mass is 348 g/mol. The van der Waals surface area contributed by atoms with Crippen molar-refractivity contribution in [3.05, 3.63) is 50.3 Å². The van der Waals surface area contributed by atoms with Gasteiger partial charge in [0.2, 0.25) is 0 Å². The van der Waals surface area contributed by atoms with Crippen LogP contribution in [0.15, 0.2) is 30.5 Å². The highest BCUT2D eigenvalue weighted by Crippen LogP contribution is 2.27. The van der Waals surface area contributed by atoms with E-state index in [9.17, 15) is 5.11 Å². The second-order valence-electron chi connectivity index (χ2n) is 3.48. The van der Waals surface area contributed by atoms with Crippen LogP contribution in [0.4, 0.5) is 0 Å². The van der Waals surface area contributed by atoms with E-state index in [1.807, 2.05) is 13.1 Å². The van der Waals surface area contributed by atoms with Gasteiger partial charge < -0.3 is 5.11 Å². The van der Waals surface area contributed by atoms with Gasteiger partial charge in [-0.05, 0) is 46.9 Å². The molecule has 0 aliphatic heterocycles. The first-order valence-corrected chi connectivity index (χ1v) is 6.16. The van der Waals surface area contributed by atoms with Gasteiger partial charge in [-0.1, -0.05) is 11.6 Å². The molecule has 84 valence electrons. The van der Waals surface area contributed by atoms with Gasteiger partial charge in [-0.25, -0.2) is 0 Å². The molecule has 2 aromatic rings. The van der Waals surface area contributed by atoms with E-state index in [0.717, 1.165) is 9.13 Å². The molecule has 1 aromatic heterocycles. The number of benzene rings is 1. The lowest BCUT2D eigenvalue weighted by Gasteiger charge is -2.10. The average molecular weight is 349 g/mol. The summed E-state index contributed by atoms with van der Waals surface area (Å²) in [5, 5.41) is 15.0. The van der Waals surface area contributed by atoms with Crippen molar-refractivity contribution in [3.8, 4) is 0 Å². The smallest absolute Gasteiger partial charge is 0.124 e. The number of halogens is 2. The van der Waals surface area contributed by atoms with Crippen molar-refractivity contribution in [2.45, 2.75) is 6.10 Å². The molecule has 0 aliphatic carbocycles. The molecule has 0 bridgehead atoms. The summed E-state index contributed by atoms with van der Waals surface area (Å²) in [6.07, 6.45) is 1.07. The molecule has 0 spiro atoms. The largest absolute Gasteiger partial charge is 0.382 e. The van der Waals surface area contributed by atoms with Gasteiger partial charge in [0.15, 0.2) is 0 Å². The minimum absolute atomic E-state index is 0.616. The van der Waals surface area contributed by atoms with Crippen molar-refractivity contribution in [2.24, 2.45) is 7.05 Å². The maximum atomic E-state index is 10.2. The Hall–Kier alpha value is -0.590. The Morgan fingerprint density at radius 1 is 1.44 bits per heavy atom. The Morgan fingerprint density at radius 2 is 2.19 bits per heavy atom. The maximum Gasteiger partial charge on any atom is 0.124 e. The van der Waals surface area contributed by atoms with Crippen LogP contribution in [0.1, 0.15) is 17.4 Å². The van der Waals surface area contributed by atoms with E-state index < -0.39 is 6.10 Å². The summed E-state index contributed by atoms with van der Waals surface area (Å²) in [5.41, 5.74) is 1.41. The highest BCUT2D eigenvalue weighted by Gasteiger charge is 2.16. The molecule has 0 saturated heterocycles. The number of hydrogen-bond donors (Lipinski definition) is 1. The highest BCUT2D eigenvalue weighted by molar-refractivity contribution is 14.1. The molecule has 16 heavy (non-hydrogen) atoms. The lowest BCUT2D eigenvalue weighted by atomic mass is 10.1. The van der Waals surface area contributed by atoms with Crippen LogP contribution in [0, 0.1) is 3.57 Å². The Balaban J connectivity index is 2.40. The molecule has 1 atom stereocenters. The molecular weight excluding hydrogens is 338 g/mol. The van der Waals surface area contributed by atoms with E-state index in [0.29, 0.717) is 10.7 Å². The fourth-order valence-electron chi connectivity index (χ4n) is 1.46. The van der Waals surface area contributed by atoms with Gasteiger partial charge in [-0.2, -0.15) is 5.10 Å². The Morgan fingerprint density at radius 3 is 2.81 bits per heavy atom. The van der Waals surface area contributed by atoms with Crippen molar-refractivity contribution in [3.63, 3.8) is 0 Å². The van der Waals surface area contributed by atoms with Gasteiger partial charge in [-0.3, -0.25) is 4.68 Å². The Bertz CT molecular complexity index is 512. The third-order valence-electron chi connectivity index (χ3n) is 2.27. The number of aliphatic hydroxyl groups is 1. The second-order valence-corrected chi connectivity index (χ2v) is 5.08. The summed E-state index contributed by atoms with van der Waals surface area (Å²) in [4.78, 5) is 0. The molecule has 1 heterocycles. The number of hydrogen-bond acceptors (Lipinski definition) is 2. The quantitative estimate of drug-likeness (QED) is 0.848. The normalized spacial score (nSPS) is 12.8. The van der Waals surface area contributed by atoms with E-state index in [1.165, 1.54) is 0 Å². The first-order valence-electron chi connectivity index (χ1n) is 4.70. The average Bonchev–Trinajstić information content (AvgIpc) is 2.67. The van der Waals surface area contributed by atoms with Gasteiger partial charge in [0.1, 0.15) is 6.10 Å². The molecule has 1 N–H and O–H groups in total. The molecule has 0 fully saturated rings. The Labute approximate surface area is 112 Å². The van der Waals surface area contributed by atoms with Crippen LogP contribution in [0.3, 0.4) is 0 Å².